The van der Waals surface area contributed by atoms with E-state index < -0.39 is 277 Å². The Balaban J connectivity index is 1.23. The minimum Gasteiger partial charge on any atom is -0.481 e. The minimum absolute atomic E-state index is 0.0586. The third-order valence-corrected chi connectivity index (χ3v) is 24.1. The third kappa shape index (κ3) is 34.8. The molecule has 1 aromatic carbocycles. The van der Waals surface area contributed by atoms with Crippen LogP contribution < -0.4 is 80.6 Å². The van der Waals surface area contributed by atoms with Crippen LogP contribution in [0.1, 0.15) is 190 Å². The second kappa shape index (κ2) is 54.4. The molecule has 4 aliphatic rings. The molecule has 0 radical (unpaired) electrons. The molecule has 0 saturated carbocycles. The van der Waals surface area contributed by atoms with Gasteiger partial charge in [-0.3, -0.25) is 105 Å². The smallest absolute Gasteiger partial charge is 0.326 e. The van der Waals surface area contributed by atoms with Gasteiger partial charge in [0.05, 0.1) is 42.1 Å². The van der Waals surface area contributed by atoms with E-state index in [1.54, 1.807) is 85.7 Å². The molecule has 132 heavy (non-hydrogen) atoms. The van der Waals surface area contributed by atoms with Crippen LogP contribution in [0.4, 0.5) is 0 Å². The lowest BCUT2D eigenvalue weighted by molar-refractivity contribution is -0.145. The van der Waals surface area contributed by atoms with Gasteiger partial charge in [0.25, 0.3) is 0 Å². The fourth-order valence-corrected chi connectivity index (χ4v) is 16.1. The van der Waals surface area contributed by atoms with E-state index in [1.165, 1.54) is 33.4 Å². The van der Waals surface area contributed by atoms with Crippen molar-refractivity contribution in [3.05, 3.63) is 35.9 Å². The van der Waals surface area contributed by atoms with Gasteiger partial charge in [0.2, 0.25) is 112 Å². The Kier molecular flexibility index (Phi) is 45.7. The number of rotatable bonds is 53. The van der Waals surface area contributed by atoms with E-state index in [4.69, 9.17) is 11.5 Å². The molecule has 47 heteroatoms. The molecule has 734 valence electrons. The minimum atomic E-state index is -2.09. The number of amides is 19. The maximum absolute atomic E-state index is 14.6. The molecule has 0 bridgehead atoms. The summed E-state index contributed by atoms with van der Waals surface area (Å²) in [4.78, 5) is 304. The molecule has 20 N–H and O–H groups in total. The molecule has 4 aliphatic heterocycles. The van der Waals surface area contributed by atoms with Crippen molar-refractivity contribution in [3.8, 4) is 0 Å². The van der Waals surface area contributed by atoms with Crippen LogP contribution in [0.5, 0.6) is 0 Å². The number of thiol groups is 1. The van der Waals surface area contributed by atoms with Crippen molar-refractivity contribution in [3.63, 3.8) is 0 Å². The van der Waals surface area contributed by atoms with Crippen LogP contribution in [-0.4, -0.2) is 318 Å². The molecule has 1 aromatic rings. The fraction of sp³-hybridized carbons (Fsp3) is 0.671. The maximum atomic E-state index is 14.6. The van der Waals surface area contributed by atoms with Crippen LogP contribution in [0.15, 0.2) is 30.3 Å². The lowest BCUT2D eigenvalue weighted by atomic mass is 9.96. The number of benzene rings is 1. The van der Waals surface area contributed by atoms with Crippen LogP contribution in [0, 0.1) is 23.7 Å². The largest absolute Gasteiger partial charge is 0.481 e. The van der Waals surface area contributed by atoms with Gasteiger partial charge in [-0.15, -0.1) is 0 Å². The number of nitrogens with one attached hydrogen (secondary N) is 13. The molecule has 4 saturated heterocycles. The quantitative estimate of drug-likeness (QED) is 0.0168. The summed E-state index contributed by atoms with van der Waals surface area (Å²) in [6, 6.07) is -12.9. The van der Waals surface area contributed by atoms with Crippen LogP contribution in [0.2, 0.25) is 0 Å². The molecule has 5 rings (SSSR count). The van der Waals surface area contributed by atoms with Gasteiger partial charge in [0.15, 0.2) is 0 Å². The Morgan fingerprint density at radius 1 is 0.470 bits per heavy atom. The number of carboxylic acid groups (broad SMARTS) is 3. The predicted molar refractivity (Wildman–Crippen MR) is 479 cm³/mol. The lowest BCUT2D eigenvalue weighted by Crippen LogP contribution is -2.61. The molecule has 16 atom stereocenters. The first-order chi connectivity index (χ1) is 62.2. The van der Waals surface area contributed by atoms with Gasteiger partial charge in [0, 0.05) is 51.7 Å². The molecule has 0 spiro atoms. The van der Waals surface area contributed by atoms with Crippen LogP contribution in [0.25, 0.3) is 0 Å². The summed E-state index contributed by atoms with van der Waals surface area (Å²) >= 11 is 7.22. The first-order valence-electron chi connectivity index (χ1n) is 44.5. The molecule has 45 nitrogen and oxygen atoms in total. The van der Waals surface area contributed by atoms with Gasteiger partial charge < -0.3 is 116 Å². The summed E-state index contributed by atoms with van der Waals surface area (Å²) in [6.45, 7) is 14.9. The maximum Gasteiger partial charge on any atom is 0.326 e. The fourth-order valence-electron chi connectivity index (χ4n) is 15.7. The molecule has 0 aliphatic carbocycles. The number of carboxylic acids is 3. The second-order valence-corrected chi connectivity index (χ2v) is 35.9. The average Bonchev–Trinajstić information content (AvgIpc) is 1.63. The summed E-state index contributed by atoms with van der Waals surface area (Å²) in [5.74, 6) is -23.3. The van der Waals surface area contributed by atoms with Gasteiger partial charge in [-0.1, -0.05) is 92.1 Å². The highest BCUT2D eigenvalue weighted by atomic mass is 79.9. The summed E-state index contributed by atoms with van der Waals surface area (Å²) in [7, 11) is 0. The number of nitrogens with zero attached hydrogens (tertiary/aromatic N) is 5. The topological polar surface area (TPSA) is 661 Å². The predicted octanol–water partition coefficient (Wildman–Crippen LogP) is -3.91. The number of nitrogens with two attached hydrogens (primary N) is 2. The first kappa shape index (κ1) is 111. The van der Waals surface area contributed by atoms with E-state index in [0.717, 1.165) is 3.93 Å². The highest BCUT2D eigenvalue weighted by molar-refractivity contribution is 9.07. The van der Waals surface area contributed by atoms with Crippen molar-refractivity contribution < 1.29 is 121 Å². The number of halogens is 1. The molecule has 4 heterocycles. The second-order valence-electron chi connectivity index (χ2n) is 34.7. The van der Waals surface area contributed by atoms with Crippen molar-refractivity contribution >= 4 is 159 Å². The number of carbonyl (C=O) groups is 22. The number of likely N-dealkylation sites (tertiary alicyclic amines) is 4. The number of primary amides is 1. The Labute approximate surface area is 779 Å². The van der Waals surface area contributed by atoms with Gasteiger partial charge >= 0.3 is 17.9 Å². The third-order valence-electron chi connectivity index (χ3n) is 23.0. The normalized spacial score (nSPS) is 18.6. The van der Waals surface area contributed by atoms with Gasteiger partial charge in [-0.25, -0.2) is 4.79 Å². The van der Waals surface area contributed by atoms with Crippen molar-refractivity contribution in [1.29, 1.82) is 0 Å². The molecule has 4 fully saturated rings. The standard InChI is InChI=1S/C85H131BrN20O25S/c1-11-47(8)70(101-80(125)61-26-18-32-103(61)66(111)42-106(86)49(10)107)84(129)105-34-20-27-62(105)81(126)100-69(46(6)7)82(127)98-54(36-45(4)5)75(120)97-57(39-68(114)115)76(121)93-51(28-29-67(112)113)72(117)96-56(38-63(88)108)71(116)89-40-64(109)92-53(35-44(2)3)74(119)95-55(37-50-21-13-12-14-22-50)73(118)91-48(9)83(128)104-33-19-24-59(104)78(123)90-41-65(110)102-31-17-25-60(102)79(124)99-58(43-132)77(122)94-52(85(130)131)23-15-16-30-87/h12-14,21-22,44-48,51-62,69-70,132H,11,15-20,23-43,87H2,1-10H3,(H2,88,108)(H,89,116)(H,90,123)(H,91,118)(H,92,109)(H,93,121)(H,94,122)(H,95,119)(H,96,117)(H,97,120)(H,98,127)(H,99,124)(H,100,126)(H,101,125)(H,112,113)(H,114,115)(H,130,131)/t47-,48-,51-,52-,53-,54-,55-,56-,57-,58-,59-,60-,61-,62-,69-,70-/m0/s1. The summed E-state index contributed by atoms with van der Waals surface area (Å²) in [5, 5.41) is 61.8. The number of hydrogen-bond donors (Lipinski definition) is 19. The number of carbonyl (C=O) groups excluding carboxylic acids is 19. The summed E-state index contributed by atoms with van der Waals surface area (Å²) < 4.78 is 1.03. The zero-order valence-corrected chi connectivity index (χ0v) is 78.7. The van der Waals surface area contributed by atoms with E-state index in [-0.39, 0.29) is 95.8 Å². The molecule has 19 amide bonds. The Bertz CT molecular complexity index is 4300. The Morgan fingerprint density at radius 2 is 0.924 bits per heavy atom. The lowest BCUT2D eigenvalue weighted by Gasteiger charge is -2.34. The van der Waals surface area contributed by atoms with Crippen LogP contribution in [-0.2, 0) is 112 Å². The Hall–Kier alpha value is -11.6. The monoisotopic (exact) mass is 1940 g/mol. The van der Waals surface area contributed by atoms with Crippen molar-refractivity contribution in [1.82, 2.24) is 92.6 Å². The first-order valence-corrected chi connectivity index (χ1v) is 45.9. The van der Waals surface area contributed by atoms with Crippen molar-refractivity contribution in [2.75, 3.05) is 58.1 Å². The zero-order valence-electron chi connectivity index (χ0n) is 76.2. The highest BCUT2D eigenvalue weighted by Crippen LogP contribution is 2.27. The van der Waals surface area contributed by atoms with E-state index in [9.17, 15) is 121 Å². The van der Waals surface area contributed by atoms with Crippen molar-refractivity contribution in [2.45, 2.75) is 282 Å². The van der Waals surface area contributed by atoms with Crippen molar-refractivity contribution in [2.24, 2.45) is 35.1 Å². The molecule has 0 unspecified atom stereocenters. The summed E-state index contributed by atoms with van der Waals surface area (Å²) in [6.07, 6.45) is -0.492. The zero-order chi connectivity index (χ0) is 98.7. The number of unbranched alkanes of at least 4 members (excludes halogenated alkanes) is 1. The molecule has 0 aromatic heterocycles. The van der Waals surface area contributed by atoms with E-state index >= 15 is 0 Å². The SMILES string of the molecule is CC[C@H](C)[C@H](NC(=O)[C@@H]1CCCN1C(=O)CN(Br)C(C)=O)C(=O)N1CCC[C@H]1C(=O)N[C@H](C(=O)N[C@@H](CC(C)C)C(=O)N[C@@H](CC(=O)O)C(=O)N[C@@H](CCC(=O)O)C(=O)N[C@@H](CC(N)=O)C(=O)NCC(=O)N[C@@H](CC(C)C)C(=O)N[C@@H](Cc1ccccc1)C(=O)N[C@@H](C)C(=O)N1CCC[C@H]1C(=O)NCC(=O)N1CCC[C@H]1C(=O)N[C@@H](CS)C(=O)N[C@@H](CCCCN)C(=O)O)C(C)C. The van der Waals surface area contributed by atoms with Gasteiger partial charge in [-0.05, 0) is 133 Å². The Morgan fingerprint density at radius 3 is 1.43 bits per heavy atom. The van der Waals surface area contributed by atoms with Gasteiger partial charge in [0.1, 0.15) is 97.2 Å². The van der Waals surface area contributed by atoms with Crippen LogP contribution in [0.3, 0.4) is 0 Å². The van der Waals surface area contributed by atoms with E-state index in [1.807, 2.05) is 0 Å². The van der Waals surface area contributed by atoms with Gasteiger partial charge in [-0.2, -0.15) is 12.6 Å². The average molecular weight is 1950 g/mol. The number of aliphatic carboxylic acids is 3. The van der Waals surface area contributed by atoms with E-state index in [2.05, 4.69) is 97.9 Å². The molecular weight excluding hydrogens is 1810 g/mol. The highest BCUT2D eigenvalue weighted by Gasteiger charge is 2.46. The number of hydrogen-bond acceptors (Lipinski definition) is 24. The van der Waals surface area contributed by atoms with E-state index in [0.29, 0.717) is 57.1 Å². The van der Waals surface area contributed by atoms with Crippen LogP contribution >= 0.6 is 28.8 Å². The summed E-state index contributed by atoms with van der Waals surface area (Å²) in [5.41, 5.74) is 11.6. The molecular formula is C85H131BrN20O25S.